The van der Waals surface area contributed by atoms with Crippen LogP contribution in [0.5, 0.6) is 0 Å². The first-order valence-corrected chi connectivity index (χ1v) is 7.11. The Morgan fingerprint density at radius 3 is 2.26 bits per heavy atom. The fraction of sp³-hybridized carbons (Fsp3) is 0.923. The monoisotopic (exact) mass is 292 g/mol. The molecule has 2 aliphatic rings. The van der Waals surface area contributed by atoms with Crippen LogP contribution in [0, 0.1) is 0 Å². The van der Waals surface area contributed by atoms with Crippen LogP contribution in [0.3, 0.4) is 0 Å². The third-order valence-corrected chi connectivity index (χ3v) is 3.08. The zero-order chi connectivity index (χ0) is 14.5. The predicted molar refractivity (Wildman–Crippen MR) is 76.0 cm³/mol. The quantitative estimate of drug-likeness (QED) is 0.672. The second-order valence-corrected chi connectivity index (χ2v) is 7.18. The Hall–Kier alpha value is -0.520. The standard InChI is InChI=1S/C9H16N2O3.C4H9Cl/c12-8(13)11-4-1-9(2-5-11)7-10-3-6-14-9;1-4(2,3)5/h10H,1-7H2,(H,12,13);1-3H3. The molecule has 1 spiro atoms. The second kappa shape index (κ2) is 6.77. The number of hydrogen-bond donors (Lipinski definition) is 2. The van der Waals surface area contributed by atoms with Gasteiger partial charge >= 0.3 is 6.09 Å². The summed E-state index contributed by atoms with van der Waals surface area (Å²) in [5, 5.41) is 12.1. The van der Waals surface area contributed by atoms with Gasteiger partial charge in [-0.2, -0.15) is 0 Å². The largest absolute Gasteiger partial charge is 0.465 e. The van der Waals surface area contributed by atoms with Gasteiger partial charge in [0.05, 0.1) is 12.2 Å². The molecule has 2 rings (SSSR count). The van der Waals surface area contributed by atoms with Crippen LogP contribution in [-0.2, 0) is 4.74 Å². The molecular weight excluding hydrogens is 268 g/mol. The fourth-order valence-electron chi connectivity index (χ4n) is 2.13. The van der Waals surface area contributed by atoms with Crippen molar-refractivity contribution < 1.29 is 14.6 Å². The number of nitrogens with zero attached hydrogens (tertiary/aromatic N) is 1. The van der Waals surface area contributed by atoms with Crippen molar-refractivity contribution in [1.29, 1.82) is 0 Å². The second-order valence-electron chi connectivity index (χ2n) is 6.04. The molecule has 6 heteroatoms. The van der Waals surface area contributed by atoms with Gasteiger partial charge < -0.3 is 20.1 Å². The summed E-state index contributed by atoms with van der Waals surface area (Å²) in [5.41, 5.74) is -0.0931. The van der Waals surface area contributed by atoms with E-state index in [0.29, 0.717) is 13.1 Å². The molecule has 0 aromatic rings. The number of ether oxygens (including phenoxy) is 1. The van der Waals surface area contributed by atoms with E-state index in [1.54, 1.807) is 0 Å². The average molecular weight is 293 g/mol. The molecule has 0 bridgehead atoms. The first-order chi connectivity index (χ1) is 8.72. The van der Waals surface area contributed by atoms with E-state index in [1.807, 2.05) is 20.8 Å². The Morgan fingerprint density at radius 1 is 1.37 bits per heavy atom. The first kappa shape index (κ1) is 16.5. The van der Waals surface area contributed by atoms with Gasteiger partial charge in [0, 0.05) is 31.1 Å². The summed E-state index contributed by atoms with van der Waals surface area (Å²) in [5.74, 6) is 0. The Kier molecular flexibility index (Phi) is 5.89. The summed E-state index contributed by atoms with van der Waals surface area (Å²) in [6.45, 7) is 9.56. The lowest BCUT2D eigenvalue weighted by molar-refractivity contribution is -0.0962. The van der Waals surface area contributed by atoms with Gasteiger partial charge in [0.2, 0.25) is 0 Å². The number of nitrogens with one attached hydrogen (secondary N) is 1. The van der Waals surface area contributed by atoms with E-state index in [4.69, 9.17) is 21.4 Å². The summed E-state index contributed by atoms with van der Waals surface area (Å²) >= 11 is 5.53. The van der Waals surface area contributed by atoms with Gasteiger partial charge in [-0.1, -0.05) is 0 Å². The Bertz CT molecular complexity index is 283. The van der Waals surface area contributed by atoms with Crippen molar-refractivity contribution in [3.05, 3.63) is 0 Å². The number of alkyl halides is 1. The number of rotatable bonds is 0. The Balaban J connectivity index is 0.000000312. The molecule has 0 aromatic heterocycles. The summed E-state index contributed by atoms with van der Waals surface area (Å²) in [6.07, 6.45) is 0.808. The molecular formula is C13H25ClN2O3. The number of piperidine rings is 1. The van der Waals surface area contributed by atoms with E-state index < -0.39 is 6.09 Å². The molecule has 0 radical (unpaired) electrons. The van der Waals surface area contributed by atoms with E-state index in [-0.39, 0.29) is 10.5 Å². The van der Waals surface area contributed by atoms with Gasteiger partial charge in [0.15, 0.2) is 0 Å². The third kappa shape index (κ3) is 6.45. The molecule has 2 saturated heterocycles. The zero-order valence-electron chi connectivity index (χ0n) is 12.0. The number of carbonyl (C=O) groups is 1. The van der Waals surface area contributed by atoms with Crippen molar-refractivity contribution >= 4 is 17.7 Å². The molecule has 2 aliphatic heterocycles. The molecule has 0 saturated carbocycles. The van der Waals surface area contributed by atoms with E-state index in [2.05, 4.69) is 5.32 Å². The van der Waals surface area contributed by atoms with Gasteiger partial charge in [-0.25, -0.2) is 4.79 Å². The van der Waals surface area contributed by atoms with Crippen LogP contribution < -0.4 is 5.32 Å². The maximum absolute atomic E-state index is 10.7. The number of carboxylic acid groups (broad SMARTS) is 1. The minimum atomic E-state index is -0.816. The molecule has 1 amide bonds. The van der Waals surface area contributed by atoms with Crippen molar-refractivity contribution in [3.63, 3.8) is 0 Å². The highest BCUT2D eigenvalue weighted by atomic mass is 35.5. The van der Waals surface area contributed by atoms with Crippen molar-refractivity contribution in [2.75, 3.05) is 32.8 Å². The highest BCUT2D eigenvalue weighted by molar-refractivity contribution is 6.23. The van der Waals surface area contributed by atoms with Crippen LogP contribution in [0.2, 0.25) is 0 Å². The van der Waals surface area contributed by atoms with Crippen LogP contribution in [0.25, 0.3) is 0 Å². The maximum atomic E-state index is 10.7. The molecule has 2 N–H and O–H groups in total. The highest BCUT2D eigenvalue weighted by Gasteiger charge is 2.37. The maximum Gasteiger partial charge on any atom is 0.407 e. The summed E-state index contributed by atoms with van der Waals surface area (Å²) in [6, 6.07) is 0. The molecule has 5 nitrogen and oxygen atoms in total. The van der Waals surface area contributed by atoms with E-state index >= 15 is 0 Å². The molecule has 0 atom stereocenters. The third-order valence-electron chi connectivity index (χ3n) is 3.08. The SMILES string of the molecule is CC(C)(C)Cl.O=C(O)N1CCC2(CC1)CNCCO2. The van der Waals surface area contributed by atoms with Gasteiger partial charge in [-0.15, -0.1) is 11.6 Å². The predicted octanol–water partition coefficient (Wildman–Crippen LogP) is 2.14. The number of halogens is 1. The molecule has 2 fully saturated rings. The van der Waals surface area contributed by atoms with Crippen LogP contribution in [0.1, 0.15) is 33.6 Å². The normalized spacial score (nSPS) is 22.6. The van der Waals surface area contributed by atoms with Crippen LogP contribution in [0.15, 0.2) is 0 Å². The lowest BCUT2D eigenvalue weighted by atomic mass is 9.90. The Morgan fingerprint density at radius 2 is 1.89 bits per heavy atom. The summed E-state index contributed by atoms with van der Waals surface area (Å²) < 4.78 is 5.75. The topological polar surface area (TPSA) is 61.8 Å². The minimum Gasteiger partial charge on any atom is -0.465 e. The van der Waals surface area contributed by atoms with E-state index in [0.717, 1.165) is 32.5 Å². The average Bonchev–Trinajstić information content (AvgIpc) is 2.28. The number of amides is 1. The van der Waals surface area contributed by atoms with E-state index in [1.165, 1.54) is 4.90 Å². The van der Waals surface area contributed by atoms with Gasteiger partial charge in [0.25, 0.3) is 0 Å². The molecule has 19 heavy (non-hydrogen) atoms. The minimum absolute atomic E-state index is 0.0278. The fourth-order valence-corrected chi connectivity index (χ4v) is 2.13. The van der Waals surface area contributed by atoms with Gasteiger partial charge in [0.1, 0.15) is 0 Å². The molecule has 0 unspecified atom stereocenters. The summed E-state index contributed by atoms with van der Waals surface area (Å²) in [4.78, 5) is 12.1. The van der Waals surface area contributed by atoms with Crippen molar-refractivity contribution in [3.8, 4) is 0 Å². The van der Waals surface area contributed by atoms with Crippen molar-refractivity contribution in [2.24, 2.45) is 0 Å². The number of hydrogen-bond acceptors (Lipinski definition) is 3. The smallest absolute Gasteiger partial charge is 0.407 e. The first-order valence-electron chi connectivity index (χ1n) is 6.73. The zero-order valence-corrected chi connectivity index (χ0v) is 12.8. The lowest BCUT2D eigenvalue weighted by Gasteiger charge is -2.43. The van der Waals surface area contributed by atoms with Crippen LogP contribution >= 0.6 is 11.6 Å². The Labute approximate surface area is 120 Å². The van der Waals surface area contributed by atoms with Gasteiger partial charge in [-0.05, 0) is 33.6 Å². The highest BCUT2D eigenvalue weighted by Crippen LogP contribution is 2.27. The van der Waals surface area contributed by atoms with Crippen molar-refractivity contribution in [2.45, 2.75) is 44.1 Å². The number of morpholine rings is 1. The lowest BCUT2D eigenvalue weighted by Crippen LogP contribution is -2.56. The molecule has 2 heterocycles. The molecule has 0 aliphatic carbocycles. The van der Waals surface area contributed by atoms with E-state index in [9.17, 15) is 4.79 Å². The van der Waals surface area contributed by atoms with Crippen molar-refractivity contribution in [1.82, 2.24) is 10.2 Å². The van der Waals surface area contributed by atoms with Crippen LogP contribution in [0.4, 0.5) is 4.79 Å². The van der Waals surface area contributed by atoms with Crippen LogP contribution in [-0.4, -0.2) is 59.4 Å². The molecule has 0 aromatic carbocycles. The molecule has 112 valence electrons. The summed E-state index contributed by atoms with van der Waals surface area (Å²) in [7, 11) is 0. The number of likely N-dealkylation sites (tertiary alicyclic amines) is 1. The van der Waals surface area contributed by atoms with Gasteiger partial charge in [-0.3, -0.25) is 0 Å².